The molecule has 7 rings (SSSR count). The van der Waals surface area contributed by atoms with E-state index in [0.717, 1.165) is 33.2 Å². The molecule has 1 amide bonds. The number of nitrogens with zero attached hydrogens (tertiary/aromatic N) is 5. The molecule has 3 aromatic heterocycles. The molecule has 0 spiro atoms. The number of nitrogens with two attached hydrogens (primary N) is 2. The Kier molecular flexibility index (Phi) is 12.9. The van der Waals surface area contributed by atoms with Crippen LogP contribution in [0.25, 0.3) is 27.4 Å². The summed E-state index contributed by atoms with van der Waals surface area (Å²) in [5, 5.41) is 17.1. The number of carbonyl (C=O) groups excluding carboxylic acids is 1. The molecule has 62 heavy (non-hydrogen) atoms. The van der Waals surface area contributed by atoms with Crippen molar-refractivity contribution in [2.45, 2.75) is 67.0 Å². The van der Waals surface area contributed by atoms with Crippen molar-refractivity contribution >= 4 is 73.9 Å². The van der Waals surface area contributed by atoms with Gasteiger partial charge in [0, 0.05) is 64.6 Å². The highest BCUT2D eigenvalue weighted by Gasteiger charge is 2.38. The average molecular weight is 881 g/mol. The fourth-order valence-electron chi connectivity index (χ4n) is 8.61. The Morgan fingerprint density at radius 2 is 1.68 bits per heavy atom. The molecule has 0 radical (unpaired) electrons. The van der Waals surface area contributed by atoms with Gasteiger partial charge in [0.15, 0.2) is 0 Å². The first-order chi connectivity index (χ1) is 29.6. The second kappa shape index (κ2) is 18.1. The zero-order chi connectivity index (χ0) is 44.6. The summed E-state index contributed by atoms with van der Waals surface area (Å²) >= 11 is 13.5. The lowest BCUT2D eigenvalue weighted by Crippen LogP contribution is -2.43. The number of fused-ring (bicyclic) bond motifs is 4. The van der Waals surface area contributed by atoms with Crippen molar-refractivity contribution < 1.29 is 28.9 Å². The van der Waals surface area contributed by atoms with E-state index in [-0.39, 0.29) is 37.3 Å². The number of aromatic nitrogens is 3. The van der Waals surface area contributed by atoms with E-state index < -0.39 is 5.97 Å². The lowest BCUT2D eigenvalue weighted by Gasteiger charge is -2.35. The van der Waals surface area contributed by atoms with E-state index in [0.29, 0.717) is 98.1 Å². The molecule has 6 aromatic rings. The molecule has 5 N–H and O–H groups in total. The molecule has 3 aromatic carbocycles. The van der Waals surface area contributed by atoms with Crippen LogP contribution in [0.1, 0.15) is 87.7 Å². The van der Waals surface area contributed by atoms with Crippen molar-refractivity contribution in [1.82, 2.24) is 14.1 Å². The number of carboxylic acid groups (broad SMARTS) is 1. The van der Waals surface area contributed by atoms with Crippen LogP contribution in [0, 0.1) is 20.8 Å². The number of aryl methyl sites for hydroxylation is 4. The zero-order valence-electron chi connectivity index (χ0n) is 35.9. The Balaban J connectivity index is 1.43. The fraction of sp³-hybridized carbons (Fsp3) is 0.319. The van der Waals surface area contributed by atoms with Crippen LogP contribution in [0.5, 0.6) is 11.5 Å². The number of pyridine rings is 1. The molecule has 13 nitrogen and oxygen atoms in total. The number of anilines is 1. The Hall–Kier alpha value is -6.02. The predicted octanol–water partition coefficient (Wildman–Crippen LogP) is 9.25. The lowest BCUT2D eigenvalue weighted by molar-refractivity contribution is 0.0686. The van der Waals surface area contributed by atoms with Gasteiger partial charge in [-0.1, -0.05) is 29.3 Å². The second-order valence-electron chi connectivity index (χ2n) is 15.8. The number of carboxylic acids is 1. The molecule has 1 aliphatic rings. The summed E-state index contributed by atoms with van der Waals surface area (Å²) in [4.78, 5) is 34.8. The van der Waals surface area contributed by atoms with Crippen molar-refractivity contribution in [2.24, 2.45) is 16.7 Å². The lowest BCUT2D eigenvalue weighted by atomic mass is 9.96. The molecule has 0 aliphatic carbocycles. The van der Waals surface area contributed by atoms with Gasteiger partial charge in [-0.05, 0) is 119 Å². The zero-order valence-corrected chi connectivity index (χ0v) is 37.4. The summed E-state index contributed by atoms with van der Waals surface area (Å²) in [5.74, 6) is 5.64. The van der Waals surface area contributed by atoms with E-state index in [1.165, 1.54) is 0 Å². The standard InChI is InChI=1S/C47H51Cl2N7O6/c1-25-12-13-52-32(17-25)24-54-39(47(58)59)21-31-20-34(62-16-15-60-7)22-38(43(31)54)55-23-28(4)56-44-36(10-11-37(48)41(44)40(29(5)50)30(6)53-51)35(45(56)46(55)57)9-8-14-61-33-18-26(2)42(49)27(3)19-33/h10-13,17-22,28H,8-9,14-16,23-24,50-51H2,1-7H3,(H,58,59)/t28-/m1/s1. The average Bonchev–Trinajstić information content (AvgIpc) is 3.76. The maximum atomic E-state index is 15.6. The molecular formula is C47H51Cl2N7O6. The summed E-state index contributed by atoms with van der Waals surface area (Å²) in [6.07, 6.45) is 2.73. The van der Waals surface area contributed by atoms with Crippen LogP contribution in [0.15, 0.2) is 71.6 Å². The van der Waals surface area contributed by atoms with Gasteiger partial charge in [0.05, 0.1) is 52.9 Å². The molecule has 0 bridgehead atoms. The Bertz CT molecular complexity index is 2780. The quantitative estimate of drug-likeness (QED) is 0.0393. The number of allylic oxidation sites excluding steroid dienone is 2. The summed E-state index contributed by atoms with van der Waals surface area (Å²) < 4.78 is 21.4. The van der Waals surface area contributed by atoms with Crippen molar-refractivity contribution in [3.63, 3.8) is 0 Å². The van der Waals surface area contributed by atoms with E-state index in [1.54, 1.807) is 54.8 Å². The molecule has 4 heterocycles. The highest BCUT2D eigenvalue weighted by molar-refractivity contribution is 6.38. The van der Waals surface area contributed by atoms with Crippen molar-refractivity contribution in [3.8, 4) is 11.5 Å². The molecule has 0 fully saturated rings. The smallest absolute Gasteiger partial charge is 0.352 e. The van der Waals surface area contributed by atoms with Gasteiger partial charge >= 0.3 is 5.97 Å². The fourth-order valence-corrected chi connectivity index (χ4v) is 8.97. The van der Waals surface area contributed by atoms with Crippen LogP contribution in [0.3, 0.4) is 0 Å². The van der Waals surface area contributed by atoms with Crippen LogP contribution in [0.2, 0.25) is 10.0 Å². The minimum Gasteiger partial charge on any atom is -0.494 e. The van der Waals surface area contributed by atoms with Gasteiger partial charge < -0.3 is 44.9 Å². The number of methoxy groups -OCH3 is 1. The van der Waals surface area contributed by atoms with E-state index in [1.807, 2.05) is 64.1 Å². The number of benzene rings is 3. The van der Waals surface area contributed by atoms with Gasteiger partial charge in [-0.2, -0.15) is 5.10 Å². The number of aromatic carboxylic acids is 1. The van der Waals surface area contributed by atoms with Gasteiger partial charge in [-0.3, -0.25) is 9.78 Å². The molecule has 0 unspecified atom stereocenters. The molecular weight excluding hydrogens is 829 g/mol. The molecule has 324 valence electrons. The van der Waals surface area contributed by atoms with Crippen LogP contribution in [-0.4, -0.2) is 70.3 Å². The normalized spacial score (nSPS) is 14.7. The number of ether oxygens (including phenoxy) is 3. The number of hydrogen-bond donors (Lipinski definition) is 3. The summed E-state index contributed by atoms with van der Waals surface area (Å²) in [6.45, 7) is 12.7. The summed E-state index contributed by atoms with van der Waals surface area (Å²) in [7, 11) is 1.59. The number of hydrazone groups is 1. The number of hydrogen-bond acceptors (Lipinski definition) is 9. The monoisotopic (exact) mass is 879 g/mol. The topological polar surface area (TPSA) is 172 Å². The first-order valence-corrected chi connectivity index (χ1v) is 21.1. The molecule has 1 atom stereocenters. The predicted molar refractivity (Wildman–Crippen MR) is 246 cm³/mol. The van der Waals surface area contributed by atoms with E-state index in [9.17, 15) is 9.90 Å². The van der Waals surface area contributed by atoms with Gasteiger partial charge in [-0.15, -0.1) is 0 Å². The third-order valence-corrected chi connectivity index (χ3v) is 12.2. The van der Waals surface area contributed by atoms with Gasteiger partial charge in [-0.25, -0.2) is 4.79 Å². The minimum atomic E-state index is -1.12. The first kappa shape index (κ1) is 44.0. The number of carbonyl (C=O) groups is 2. The highest BCUT2D eigenvalue weighted by Crippen LogP contribution is 2.44. The Morgan fingerprint density at radius 3 is 2.34 bits per heavy atom. The van der Waals surface area contributed by atoms with Crippen molar-refractivity contribution in [2.75, 3.05) is 38.4 Å². The summed E-state index contributed by atoms with van der Waals surface area (Å²) in [6, 6.07) is 16.3. The van der Waals surface area contributed by atoms with Crippen LogP contribution in [-0.2, 0) is 17.7 Å². The minimum absolute atomic E-state index is 0.0460. The molecule has 0 saturated carbocycles. The Labute approximate surface area is 370 Å². The second-order valence-corrected chi connectivity index (χ2v) is 16.6. The largest absolute Gasteiger partial charge is 0.494 e. The van der Waals surface area contributed by atoms with Gasteiger partial charge in [0.25, 0.3) is 5.91 Å². The van der Waals surface area contributed by atoms with E-state index in [2.05, 4.69) is 14.7 Å². The first-order valence-electron chi connectivity index (χ1n) is 20.4. The molecule has 1 aliphatic heterocycles. The van der Waals surface area contributed by atoms with E-state index in [4.69, 9.17) is 49.0 Å². The SMILES string of the molecule is COCCOc1cc(N2C[C@@H](C)n3c(c(CCCOc4cc(C)c(Cl)c(C)c4)c4ccc(Cl)c(C(C(C)=NN)=C(C)N)c43)C2=O)c2c(c1)cc(C(=O)O)n2Cc1cc(C)ccn1. The molecule has 0 saturated heterocycles. The van der Waals surface area contributed by atoms with Crippen molar-refractivity contribution in [3.05, 3.63) is 121 Å². The van der Waals surface area contributed by atoms with Crippen molar-refractivity contribution in [1.29, 1.82) is 0 Å². The highest BCUT2D eigenvalue weighted by atomic mass is 35.5. The maximum Gasteiger partial charge on any atom is 0.352 e. The maximum absolute atomic E-state index is 15.6. The number of rotatable bonds is 15. The van der Waals surface area contributed by atoms with Crippen LogP contribution >= 0.6 is 23.2 Å². The van der Waals surface area contributed by atoms with Crippen LogP contribution in [0.4, 0.5) is 5.69 Å². The van der Waals surface area contributed by atoms with Crippen LogP contribution < -0.4 is 25.9 Å². The third-order valence-electron chi connectivity index (χ3n) is 11.3. The number of halogens is 2. The summed E-state index contributed by atoms with van der Waals surface area (Å²) in [5.41, 5.74) is 15.3. The molecule has 15 heteroatoms. The van der Waals surface area contributed by atoms with E-state index >= 15 is 4.79 Å². The van der Waals surface area contributed by atoms with Gasteiger partial charge in [0.1, 0.15) is 29.5 Å². The third kappa shape index (κ3) is 8.32. The van der Waals surface area contributed by atoms with Gasteiger partial charge in [0.2, 0.25) is 0 Å². The number of amides is 1. The Morgan fingerprint density at radius 1 is 0.968 bits per heavy atom.